The second kappa shape index (κ2) is 4.61. The first-order valence-electron chi connectivity index (χ1n) is 4.26. The minimum Gasteiger partial charge on any atom is -0.207 e. The van der Waals surface area contributed by atoms with Gasteiger partial charge in [-0.15, -0.1) is 13.2 Å². The van der Waals surface area contributed by atoms with Gasteiger partial charge in [0.1, 0.15) is 5.82 Å². The lowest BCUT2D eigenvalue weighted by atomic mass is 10.00. The molecule has 13 heavy (non-hydrogen) atoms. The van der Waals surface area contributed by atoms with Crippen molar-refractivity contribution in [1.82, 2.24) is 0 Å². The molecule has 0 bridgehead atoms. The second-order valence-corrected chi connectivity index (χ2v) is 2.97. The minimum atomic E-state index is -0.197. The highest BCUT2D eigenvalue weighted by Crippen LogP contribution is 2.11. The largest absolute Gasteiger partial charge is 0.207 e. The van der Waals surface area contributed by atoms with E-state index >= 15 is 0 Å². The highest BCUT2D eigenvalue weighted by atomic mass is 19.1. The van der Waals surface area contributed by atoms with Crippen LogP contribution in [0.2, 0.25) is 0 Å². The third-order valence-corrected chi connectivity index (χ3v) is 1.99. The Morgan fingerprint density at radius 1 is 1.15 bits per heavy atom. The molecule has 0 aliphatic rings. The molecule has 1 heteroatoms. The van der Waals surface area contributed by atoms with E-state index in [1.165, 1.54) is 12.1 Å². The molecule has 1 aromatic rings. The van der Waals surface area contributed by atoms with Crippen molar-refractivity contribution in [3.05, 3.63) is 61.0 Å². The molecule has 0 N–H and O–H groups in total. The predicted molar refractivity (Wildman–Crippen MR) is 54.0 cm³/mol. The fraction of sp³-hybridized carbons (Fsp3) is 0.167. The van der Waals surface area contributed by atoms with Crippen molar-refractivity contribution in [2.45, 2.75) is 6.42 Å². The van der Waals surface area contributed by atoms with Gasteiger partial charge in [0, 0.05) is 0 Å². The van der Waals surface area contributed by atoms with Crippen LogP contribution in [0.3, 0.4) is 0 Å². The van der Waals surface area contributed by atoms with Crippen molar-refractivity contribution in [3.63, 3.8) is 0 Å². The number of halogens is 1. The zero-order valence-corrected chi connectivity index (χ0v) is 7.54. The van der Waals surface area contributed by atoms with Gasteiger partial charge in [0.25, 0.3) is 0 Å². The zero-order valence-electron chi connectivity index (χ0n) is 7.54. The molecule has 0 fully saturated rings. The fourth-order valence-electron chi connectivity index (χ4n) is 1.16. The van der Waals surface area contributed by atoms with E-state index in [1.807, 2.05) is 12.2 Å². The van der Waals surface area contributed by atoms with Crippen molar-refractivity contribution in [2.24, 2.45) is 5.92 Å². The molecule has 0 aromatic heterocycles. The Morgan fingerprint density at radius 3 is 2.15 bits per heavy atom. The molecule has 1 aromatic carbocycles. The van der Waals surface area contributed by atoms with Gasteiger partial charge in [-0.3, -0.25) is 0 Å². The van der Waals surface area contributed by atoms with Gasteiger partial charge < -0.3 is 0 Å². The van der Waals surface area contributed by atoms with E-state index in [0.29, 0.717) is 0 Å². The molecule has 1 rings (SSSR count). The maximum Gasteiger partial charge on any atom is 0.123 e. The average Bonchev–Trinajstić information content (AvgIpc) is 2.17. The summed E-state index contributed by atoms with van der Waals surface area (Å²) in [4.78, 5) is 0. The Bertz CT molecular complexity index is 276. The third-order valence-electron chi connectivity index (χ3n) is 1.99. The molecular formula is C12H13F. The molecule has 0 aliphatic carbocycles. The zero-order chi connectivity index (χ0) is 9.68. The van der Waals surface area contributed by atoms with Gasteiger partial charge in [0.15, 0.2) is 0 Å². The van der Waals surface area contributed by atoms with Gasteiger partial charge in [-0.2, -0.15) is 0 Å². The standard InChI is InChI=1S/C12H13F/c1-3-10(4-2)9-11-5-7-12(13)8-6-11/h3-8,10H,1-2,9H2. The van der Waals surface area contributed by atoms with Crippen LogP contribution in [0.15, 0.2) is 49.6 Å². The first-order chi connectivity index (χ1) is 6.26. The maximum atomic E-state index is 12.5. The minimum absolute atomic E-state index is 0.197. The average molecular weight is 176 g/mol. The fourth-order valence-corrected chi connectivity index (χ4v) is 1.16. The van der Waals surface area contributed by atoms with Crippen molar-refractivity contribution < 1.29 is 4.39 Å². The summed E-state index contributed by atoms with van der Waals surface area (Å²) in [5, 5.41) is 0. The number of hydrogen-bond acceptors (Lipinski definition) is 0. The Hall–Kier alpha value is -1.37. The summed E-state index contributed by atoms with van der Waals surface area (Å²) in [5.41, 5.74) is 1.10. The monoisotopic (exact) mass is 176 g/mol. The lowest BCUT2D eigenvalue weighted by Crippen LogP contribution is -1.96. The molecule has 0 atom stereocenters. The molecular weight excluding hydrogens is 163 g/mol. The molecule has 0 saturated carbocycles. The van der Waals surface area contributed by atoms with Crippen molar-refractivity contribution in [2.75, 3.05) is 0 Å². The van der Waals surface area contributed by atoms with Crippen molar-refractivity contribution in [3.8, 4) is 0 Å². The predicted octanol–water partition coefficient (Wildman–Crippen LogP) is 3.36. The van der Waals surface area contributed by atoms with Crippen LogP contribution in [0.1, 0.15) is 5.56 Å². The van der Waals surface area contributed by atoms with Gasteiger partial charge in [0.2, 0.25) is 0 Å². The van der Waals surface area contributed by atoms with Crippen molar-refractivity contribution in [1.29, 1.82) is 0 Å². The summed E-state index contributed by atoms with van der Waals surface area (Å²) < 4.78 is 12.5. The molecule has 0 aliphatic heterocycles. The lowest BCUT2D eigenvalue weighted by Gasteiger charge is -2.06. The smallest absolute Gasteiger partial charge is 0.123 e. The van der Waals surface area contributed by atoms with Gasteiger partial charge in [-0.05, 0) is 30.0 Å². The Kier molecular flexibility index (Phi) is 3.44. The summed E-state index contributed by atoms with van der Waals surface area (Å²) >= 11 is 0. The topological polar surface area (TPSA) is 0 Å². The van der Waals surface area contributed by atoms with Crippen LogP contribution in [0.5, 0.6) is 0 Å². The molecule has 0 spiro atoms. The van der Waals surface area contributed by atoms with Crippen LogP contribution in [0, 0.1) is 11.7 Å². The quantitative estimate of drug-likeness (QED) is 0.617. The molecule has 68 valence electrons. The molecule has 0 saturated heterocycles. The first kappa shape index (κ1) is 9.72. The van der Waals surface area contributed by atoms with E-state index in [4.69, 9.17) is 0 Å². The van der Waals surface area contributed by atoms with Crippen LogP contribution in [-0.2, 0) is 6.42 Å². The van der Waals surface area contributed by atoms with Crippen molar-refractivity contribution >= 4 is 0 Å². The number of benzene rings is 1. The molecule has 0 heterocycles. The third kappa shape index (κ3) is 2.86. The number of hydrogen-bond donors (Lipinski definition) is 0. The van der Waals surface area contributed by atoms with E-state index in [2.05, 4.69) is 13.2 Å². The SMILES string of the molecule is C=CC(C=C)Cc1ccc(F)cc1. The van der Waals surface area contributed by atoms with Gasteiger partial charge in [0.05, 0.1) is 0 Å². The molecule has 0 nitrogen and oxygen atoms in total. The first-order valence-corrected chi connectivity index (χ1v) is 4.26. The highest BCUT2D eigenvalue weighted by Gasteiger charge is 2.00. The van der Waals surface area contributed by atoms with Crippen LogP contribution in [0.4, 0.5) is 4.39 Å². The maximum absolute atomic E-state index is 12.5. The van der Waals surface area contributed by atoms with E-state index in [-0.39, 0.29) is 11.7 Å². The Morgan fingerprint density at radius 2 is 1.69 bits per heavy atom. The summed E-state index contributed by atoms with van der Waals surface area (Å²) in [7, 11) is 0. The molecule has 0 radical (unpaired) electrons. The molecule has 0 unspecified atom stereocenters. The van der Waals surface area contributed by atoms with Crippen LogP contribution in [0.25, 0.3) is 0 Å². The van der Waals surface area contributed by atoms with Gasteiger partial charge in [-0.25, -0.2) is 4.39 Å². The lowest BCUT2D eigenvalue weighted by molar-refractivity contribution is 0.626. The highest BCUT2D eigenvalue weighted by molar-refractivity contribution is 5.18. The summed E-state index contributed by atoms with van der Waals surface area (Å²) in [5.74, 6) is 0.0722. The van der Waals surface area contributed by atoms with Crippen LogP contribution < -0.4 is 0 Å². The molecule has 0 amide bonds. The summed E-state index contributed by atoms with van der Waals surface area (Å²) in [6.45, 7) is 7.40. The number of rotatable bonds is 4. The van der Waals surface area contributed by atoms with Gasteiger partial charge in [-0.1, -0.05) is 24.3 Å². The van der Waals surface area contributed by atoms with Crippen LogP contribution >= 0.6 is 0 Å². The normalized spacial score (nSPS) is 10.0. The second-order valence-electron chi connectivity index (χ2n) is 2.97. The Balaban J connectivity index is 2.68. The van der Waals surface area contributed by atoms with Crippen LogP contribution in [-0.4, -0.2) is 0 Å². The van der Waals surface area contributed by atoms with E-state index in [9.17, 15) is 4.39 Å². The van der Waals surface area contributed by atoms with Gasteiger partial charge >= 0.3 is 0 Å². The van der Waals surface area contributed by atoms with E-state index < -0.39 is 0 Å². The Labute approximate surface area is 78.4 Å². The van der Waals surface area contributed by atoms with E-state index in [1.54, 1.807) is 12.1 Å². The summed E-state index contributed by atoms with van der Waals surface area (Å²) in [6.07, 6.45) is 4.53. The number of allylic oxidation sites excluding steroid dienone is 2. The summed E-state index contributed by atoms with van der Waals surface area (Å²) in [6, 6.07) is 6.52. The van der Waals surface area contributed by atoms with E-state index in [0.717, 1.165) is 12.0 Å².